The van der Waals surface area contributed by atoms with E-state index in [1.165, 1.54) is 0 Å². The van der Waals surface area contributed by atoms with Crippen LogP contribution in [0, 0.1) is 0 Å². The van der Waals surface area contributed by atoms with E-state index >= 15 is 0 Å². The summed E-state index contributed by atoms with van der Waals surface area (Å²) in [5.41, 5.74) is 5.90. The first-order valence-corrected chi connectivity index (χ1v) is 7.99. The Morgan fingerprint density at radius 1 is 1.36 bits per heavy atom. The van der Waals surface area contributed by atoms with Gasteiger partial charge in [-0.2, -0.15) is 0 Å². The molecule has 1 saturated carbocycles. The molecule has 2 N–H and O–H groups in total. The van der Waals surface area contributed by atoms with E-state index in [0.717, 1.165) is 50.7 Å². The minimum atomic E-state index is 0.341. The van der Waals surface area contributed by atoms with Gasteiger partial charge in [0, 0.05) is 44.0 Å². The second-order valence-corrected chi connectivity index (χ2v) is 6.19. The molecule has 2 heterocycles. The Balaban J connectivity index is 1.59. The lowest BCUT2D eigenvalue weighted by molar-refractivity contribution is 0.295. The summed E-state index contributed by atoms with van der Waals surface area (Å²) < 4.78 is 4.34. The van der Waals surface area contributed by atoms with Gasteiger partial charge in [-0.25, -0.2) is 4.98 Å². The number of imidazole rings is 1. The summed E-state index contributed by atoms with van der Waals surface area (Å²) >= 11 is 0. The maximum Gasteiger partial charge on any atom is 0.147 e. The van der Waals surface area contributed by atoms with E-state index in [1.54, 1.807) is 0 Å². The van der Waals surface area contributed by atoms with Crippen LogP contribution in [0.25, 0.3) is 0 Å². The van der Waals surface area contributed by atoms with Crippen molar-refractivity contribution in [1.82, 2.24) is 29.2 Å². The van der Waals surface area contributed by atoms with Gasteiger partial charge in [0.15, 0.2) is 0 Å². The van der Waals surface area contributed by atoms with Crippen molar-refractivity contribution in [2.45, 2.75) is 51.4 Å². The molecule has 0 amide bonds. The molecule has 7 nitrogen and oxygen atoms in total. The highest BCUT2D eigenvalue weighted by Gasteiger charge is 2.32. The van der Waals surface area contributed by atoms with Crippen LogP contribution < -0.4 is 5.73 Å². The van der Waals surface area contributed by atoms with Crippen LogP contribution in [0.2, 0.25) is 0 Å². The number of nitrogens with zero attached hydrogens (tertiary/aromatic N) is 6. The van der Waals surface area contributed by atoms with Gasteiger partial charge in [-0.1, -0.05) is 0 Å². The van der Waals surface area contributed by atoms with Crippen molar-refractivity contribution < 1.29 is 0 Å². The molecule has 120 valence electrons. The Morgan fingerprint density at radius 3 is 2.82 bits per heavy atom. The molecule has 3 rings (SSSR count). The highest BCUT2D eigenvalue weighted by Crippen LogP contribution is 2.34. The molecular weight excluding hydrogens is 278 g/mol. The fraction of sp³-hybridized carbons (Fsp3) is 0.667. The SMILES string of the molecule is CCn1c(CN(C)CCn2ccnc2)nnc1C1CC(N)C1. The fourth-order valence-electron chi connectivity index (χ4n) is 3.01. The molecule has 1 aliphatic rings. The average Bonchev–Trinajstić information content (AvgIpc) is 3.11. The second kappa shape index (κ2) is 6.58. The molecule has 0 aliphatic heterocycles. The van der Waals surface area contributed by atoms with Crippen molar-refractivity contribution in [3.63, 3.8) is 0 Å². The molecule has 0 aromatic carbocycles. The average molecular weight is 303 g/mol. The maximum absolute atomic E-state index is 5.90. The van der Waals surface area contributed by atoms with E-state index in [4.69, 9.17) is 5.73 Å². The van der Waals surface area contributed by atoms with Gasteiger partial charge in [0.1, 0.15) is 11.6 Å². The van der Waals surface area contributed by atoms with Gasteiger partial charge in [0.2, 0.25) is 0 Å². The van der Waals surface area contributed by atoms with Crippen molar-refractivity contribution in [1.29, 1.82) is 0 Å². The second-order valence-electron chi connectivity index (χ2n) is 6.19. The quantitative estimate of drug-likeness (QED) is 0.820. The predicted octanol–water partition coefficient (Wildman–Crippen LogP) is 0.831. The molecule has 1 fully saturated rings. The Morgan fingerprint density at radius 2 is 2.18 bits per heavy atom. The smallest absolute Gasteiger partial charge is 0.147 e. The minimum Gasteiger partial charge on any atom is -0.336 e. The van der Waals surface area contributed by atoms with Gasteiger partial charge in [-0.3, -0.25) is 4.90 Å². The third kappa shape index (κ3) is 3.20. The zero-order valence-electron chi connectivity index (χ0n) is 13.4. The number of hydrogen-bond donors (Lipinski definition) is 1. The van der Waals surface area contributed by atoms with Crippen LogP contribution in [0.4, 0.5) is 0 Å². The number of nitrogens with two attached hydrogens (primary N) is 1. The normalized spacial score (nSPS) is 21.3. The van der Waals surface area contributed by atoms with Crippen LogP contribution in [-0.2, 0) is 19.6 Å². The largest absolute Gasteiger partial charge is 0.336 e. The van der Waals surface area contributed by atoms with Gasteiger partial charge < -0.3 is 14.9 Å². The minimum absolute atomic E-state index is 0.341. The molecule has 0 radical (unpaired) electrons. The van der Waals surface area contributed by atoms with Crippen LogP contribution in [-0.4, -0.2) is 48.8 Å². The van der Waals surface area contributed by atoms with Crippen LogP contribution >= 0.6 is 0 Å². The highest BCUT2D eigenvalue weighted by atomic mass is 15.3. The summed E-state index contributed by atoms with van der Waals surface area (Å²) in [6.07, 6.45) is 7.72. The molecule has 0 unspecified atom stereocenters. The third-order valence-corrected chi connectivity index (χ3v) is 4.42. The molecule has 0 bridgehead atoms. The molecule has 0 saturated heterocycles. The van der Waals surface area contributed by atoms with Gasteiger partial charge in [-0.15, -0.1) is 10.2 Å². The summed E-state index contributed by atoms with van der Waals surface area (Å²) in [7, 11) is 2.12. The number of aromatic nitrogens is 5. The highest BCUT2D eigenvalue weighted by molar-refractivity contribution is 5.08. The molecule has 22 heavy (non-hydrogen) atoms. The van der Waals surface area contributed by atoms with Gasteiger partial charge in [0.05, 0.1) is 12.9 Å². The topological polar surface area (TPSA) is 77.8 Å². The Hall–Kier alpha value is -1.73. The maximum atomic E-state index is 5.90. The summed E-state index contributed by atoms with van der Waals surface area (Å²) in [5, 5.41) is 8.83. The Labute approximate surface area is 131 Å². The molecule has 2 aromatic rings. The lowest BCUT2D eigenvalue weighted by Crippen LogP contribution is -2.36. The van der Waals surface area contributed by atoms with Gasteiger partial charge in [0.25, 0.3) is 0 Å². The molecule has 2 aromatic heterocycles. The lowest BCUT2D eigenvalue weighted by Gasteiger charge is -2.31. The fourth-order valence-corrected chi connectivity index (χ4v) is 3.01. The van der Waals surface area contributed by atoms with E-state index in [2.05, 4.69) is 43.2 Å². The van der Waals surface area contributed by atoms with E-state index < -0.39 is 0 Å². The van der Waals surface area contributed by atoms with E-state index in [0.29, 0.717) is 12.0 Å². The van der Waals surface area contributed by atoms with Crippen molar-refractivity contribution in [2.75, 3.05) is 13.6 Å². The van der Waals surface area contributed by atoms with Crippen LogP contribution in [0.3, 0.4) is 0 Å². The monoisotopic (exact) mass is 303 g/mol. The summed E-state index contributed by atoms with van der Waals surface area (Å²) in [4.78, 5) is 6.33. The first-order valence-electron chi connectivity index (χ1n) is 7.99. The van der Waals surface area contributed by atoms with Crippen molar-refractivity contribution in [3.05, 3.63) is 30.4 Å². The third-order valence-electron chi connectivity index (χ3n) is 4.42. The number of likely N-dealkylation sites (N-methyl/N-ethyl adjacent to an activating group) is 1. The summed E-state index contributed by atoms with van der Waals surface area (Å²) in [6.45, 7) is 5.77. The zero-order valence-corrected chi connectivity index (χ0v) is 13.4. The first-order chi connectivity index (χ1) is 10.7. The van der Waals surface area contributed by atoms with Crippen LogP contribution in [0.1, 0.15) is 37.3 Å². The van der Waals surface area contributed by atoms with Gasteiger partial charge >= 0.3 is 0 Å². The molecule has 0 atom stereocenters. The molecule has 7 heteroatoms. The van der Waals surface area contributed by atoms with Gasteiger partial charge in [-0.05, 0) is 26.8 Å². The van der Waals surface area contributed by atoms with E-state index in [1.807, 2.05) is 18.7 Å². The number of rotatable bonds is 7. The van der Waals surface area contributed by atoms with Crippen LogP contribution in [0.15, 0.2) is 18.7 Å². The standard InChI is InChI=1S/C15H25N7/c1-3-22-14(18-19-15(22)12-8-13(16)9-12)10-20(2)6-7-21-5-4-17-11-21/h4-5,11-13H,3,6-10,16H2,1-2H3. The molecule has 1 aliphatic carbocycles. The van der Waals surface area contributed by atoms with Crippen molar-refractivity contribution in [3.8, 4) is 0 Å². The van der Waals surface area contributed by atoms with Crippen molar-refractivity contribution in [2.24, 2.45) is 5.73 Å². The van der Waals surface area contributed by atoms with Crippen LogP contribution in [0.5, 0.6) is 0 Å². The van der Waals surface area contributed by atoms with E-state index in [9.17, 15) is 0 Å². The summed E-state index contributed by atoms with van der Waals surface area (Å²) in [6, 6.07) is 0.341. The zero-order chi connectivity index (χ0) is 15.5. The molecule has 0 spiro atoms. The Kier molecular flexibility index (Phi) is 4.54. The number of hydrogen-bond acceptors (Lipinski definition) is 5. The predicted molar refractivity (Wildman–Crippen MR) is 84.2 cm³/mol. The summed E-state index contributed by atoms with van der Waals surface area (Å²) in [5.74, 6) is 2.65. The first kappa shape index (κ1) is 15.2. The lowest BCUT2D eigenvalue weighted by atomic mass is 9.80. The van der Waals surface area contributed by atoms with E-state index in [-0.39, 0.29) is 0 Å². The molecular formula is C15H25N7. The van der Waals surface area contributed by atoms with Crippen molar-refractivity contribution >= 4 is 0 Å². The Bertz CT molecular complexity index is 583.